The Bertz CT molecular complexity index is 940. The molecule has 3 aromatic rings. The van der Waals surface area contributed by atoms with E-state index in [-0.39, 0.29) is 0 Å². The molecule has 0 unspecified atom stereocenters. The topological polar surface area (TPSA) is 63.5 Å². The molecule has 2 heterocycles. The van der Waals surface area contributed by atoms with Gasteiger partial charge in [-0.3, -0.25) is 0 Å². The minimum atomic E-state index is -0.894. The summed E-state index contributed by atoms with van der Waals surface area (Å²) in [6.07, 6.45) is 0. The van der Waals surface area contributed by atoms with Gasteiger partial charge in [0.2, 0.25) is 0 Å². The molecule has 1 fully saturated rings. The van der Waals surface area contributed by atoms with E-state index >= 15 is 0 Å². The van der Waals surface area contributed by atoms with Crippen molar-refractivity contribution in [3.05, 3.63) is 70.9 Å². The maximum atomic E-state index is 12.1. The number of nitrogens with zero attached hydrogens (tertiary/aromatic N) is 1. The van der Waals surface area contributed by atoms with Gasteiger partial charge in [0.15, 0.2) is 0 Å². The quantitative estimate of drug-likeness (QED) is 0.717. The van der Waals surface area contributed by atoms with E-state index in [9.17, 15) is 9.90 Å². The molecular weight excluding hydrogens is 328 g/mol. The van der Waals surface area contributed by atoms with Crippen LogP contribution in [-0.4, -0.2) is 34.9 Å². The van der Waals surface area contributed by atoms with Gasteiger partial charge in [-0.2, -0.15) is 0 Å². The number of para-hydroxylation sites is 1. The predicted octanol–water partition coefficient (Wildman–Crippen LogP) is 3.18. The summed E-state index contributed by atoms with van der Waals surface area (Å²) in [4.78, 5) is 12.1. The van der Waals surface area contributed by atoms with Gasteiger partial charge in [0.1, 0.15) is 5.69 Å². The van der Waals surface area contributed by atoms with E-state index in [4.69, 9.17) is 4.74 Å². The van der Waals surface area contributed by atoms with Gasteiger partial charge in [-0.15, -0.1) is 0 Å². The summed E-state index contributed by atoms with van der Waals surface area (Å²) in [6.45, 7) is 4.48. The number of rotatable bonds is 6. The number of fused-ring (bicyclic) bond motifs is 1. The Balaban J connectivity index is 1.78. The van der Waals surface area contributed by atoms with Gasteiger partial charge >= 0.3 is 5.97 Å². The van der Waals surface area contributed by atoms with Gasteiger partial charge in [0, 0.05) is 29.6 Å². The lowest BCUT2D eigenvalue weighted by Gasteiger charge is -2.27. The molecule has 0 radical (unpaired) electrons. The Morgan fingerprint density at radius 1 is 1.19 bits per heavy atom. The highest BCUT2D eigenvalue weighted by atomic mass is 16.5. The molecule has 4 rings (SSSR count). The molecule has 1 saturated heterocycles. The Morgan fingerprint density at radius 3 is 2.58 bits per heavy atom. The van der Waals surface area contributed by atoms with Crippen molar-refractivity contribution >= 4 is 16.9 Å². The number of carboxylic acids is 1. The molecule has 0 amide bonds. The van der Waals surface area contributed by atoms with Crippen LogP contribution in [0.3, 0.4) is 0 Å². The summed E-state index contributed by atoms with van der Waals surface area (Å²) in [5, 5.41) is 14.3. The second-order valence-electron chi connectivity index (χ2n) is 6.84. The maximum absolute atomic E-state index is 12.1. The van der Waals surface area contributed by atoms with Gasteiger partial charge in [0.05, 0.1) is 19.3 Å². The zero-order chi connectivity index (χ0) is 18.1. The van der Waals surface area contributed by atoms with Gasteiger partial charge in [-0.1, -0.05) is 48.0 Å². The number of hydrogen-bond acceptors (Lipinski definition) is 3. The van der Waals surface area contributed by atoms with Crippen LogP contribution in [0.1, 0.15) is 27.2 Å². The smallest absolute Gasteiger partial charge is 0.352 e. The number of aromatic carboxylic acids is 1. The van der Waals surface area contributed by atoms with Crippen molar-refractivity contribution in [2.75, 3.05) is 13.2 Å². The van der Waals surface area contributed by atoms with E-state index in [1.807, 2.05) is 35.8 Å². The van der Waals surface area contributed by atoms with Crippen molar-refractivity contribution in [1.29, 1.82) is 0 Å². The first-order valence-corrected chi connectivity index (χ1v) is 8.83. The van der Waals surface area contributed by atoms with Gasteiger partial charge in [0.25, 0.3) is 0 Å². The summed E-state index contributed by atoms with van der Waals surface area (Å²) >= 11 is 0. The van der Waals surface area contributed by atoms with Crippen LogP contribution in [0.15, 0.2) is 48.5 Å². The first kappa shape index (κ1) is 16.8. The molecular formula is C21H22N2O3. The third-order valence-corrected chi connectivity index (χ3v) is 4.95. The molecule has 5 heteroatoms. The van der Waals surface area contributed by atoms with E-state index in [2.05, 4.69) is 29.6 Å². The second-order valence-corrected chi connectivity index (χ2v) is 6.84. The van der Waals surface area contributed by atoms with Crippen LogP contribution in [0, 0.1) is 6.92 Å². The molecule has 2 N–H and O–H groups in total. The fraction of sp³-hybridized carbons (Fsp3) is 0.286. The molecule has 0 atom stereocenters. The van der Waals surface area contributed by atoms with Crippen molar-refractivity contribution in [2.45, 2.75) is 26.1 Å². The SMILES string of the molecule is Cc1ccc(Cn2c(C(=O)O)c(CNC3COC3)c3ccccc32)cc1. The molecule has 1 aromatic heterocycles. The summed E-state index contributed by atoms with van der Waals surface area (Å²) in [5.74, 6) is -0.894. The molecule has 0 saturated carbocycles. The standard InChI is InChI=1S/C21H22N2O3/c1-14-6-8-15(9-7-14)11-23-19-5-3-2-4-17(19)18(20(23)21(24)25)10-22-16-12-26-13-16/h2-9,16,22H,10-13H2,1H3,(H,24,25). The molecule has 1 aliphatic rings. The average molecular weight is 350 g/mol. The van der Waals surface area contributed by atoms with E-state index in [1.54, 1.807) is 0 Å². The number of ether oxygens (including phenoxy) is 1. The van der Waals surface area contributed by atoms with Crippen LogP contribution in [0.5, 0.6) is 0 Å². The van der Waals surface area contributed by atoms with Crippen LogP contribution in [-0.2, 0) is 17.8 Å². The lowest BCUT2D eigenvalue weighted by molar-refractivity contribution is -0.00577. The van der Waals surface area contributed by atoms with Crippen molar-refractivity contribution in [3.8, 4) is 0 Å². The van der Waals surface area contributed by atoms with Gasteiger partial charge < -0.3 is 19.7 Å². The normalized spacial score (nSPS) is 14.5. The number of benzene rings is 2. The Kier molecular flexibility index (Phi) is 4.49. The second kappa shape index (κ2) is 6.94. The van der Waals surface area contributed by atoms with Crippen LogP contribution < -0.4 is 5.32 Å². The number of aryl methyl sites for hydroxylation is 1. The lowest BCUT2D eigenvalue weighted by Crippen LogP contribution is -2.45. The summed E-state index contributed by atoms with van der Waals surface area (Å²) in [7, 11) is 0. The monoisotopic (exact) mass is 350 g/mol. The van der Waals surface area contributed by atoms with Crippen LogP contribution in [0.2, 0.25) is 0 Å². The highest BCUT2D eigenvalue weighted by Crippen LogP contribution is 2.28. The zero-order valence-corrected chi connectivity index (χ0v) is 14.7. The van der Waals surface area contributed by atoms with Crippen LogP contribution in [0.25, 0.3) is 10.9 Å². The number of hydrogen-bond donors (Lipinski definition) is 2. The fourth-order valence-corrected chi connectivity index (χ4v) is 3.44. The van der Waals surface area contributed by atoms with Gasteiger partial charge in [-0.05, 0) is 18.6 Å². The first-order valence-electron chi connectivity index (χ1n) is 8.83. The van der Waals surface area contributed by atoms with Crippen molar-refractivity contribution in [2.24, 2.45) is 0 Å². The maximum Gasteiger partial charge on any atom is 0.352 e. The van der Waals surface area contributed by atoms with E-state index in [0.29, 0.717) is 38.0 Å². The fourth-order valence-electron chi connectivity index (χ4n) is 3.44. The number of carboxylic acid groups (broad SMARTS) is 1. The largest absolute Gasteiger partial charge is 0.477 e. The Morgan fingerprint density at radius 2 is 1.92 bits per heavy atom. The van der Waals surface area contributed by atoms with Crippen molar-refractivity contribution in [1.82, 2.24) is 9.88 Å². The zero-order valence-electron chi connectivity index (χ0n) is 14.7. The van der Waals surface area contributed by atoms with Crippen molar-refractivity contribution < 1.29 is 14.6 Å². The van der Waals surface area contributed by atoms with Crippen LogP contribution in [0.4, 0.5) is 0 Å². The summed E-state index contributed by atoms with van der Waals surface area (Å²) < 4.78 is 7.11. The molecule has 26 heavy (non-hydrogen) atoms. The number of carbonyl (C=O) groups is 1. The minimum absolute atomic E-state index is 0.302. The highest BCUT2D eigenvalue weighted by molar-refractivity contribution is 5.98. The molecule has 134 valence electrons. The molecule has 1 aliphatic heterocycles. The third-order valence-electron chi connectivity index (χ3n) is 4.95. The molecule has 5 nitrogen and oxygen atoms in total. The summed E-state index contributed by atoms with van der Waals surface area (Å²) in [6, 6.07) is 16.4. The lowest BCUT2D eigenvalue weighted by atomic mass is 10.1. The van der Waals surface area contributed by atoms with E-state index in [0.717, 1.165) is 22.0 Å². The highest BCUT2D eigenvalue weighted by Gasteiger charge is 2.24. The van der Waals surface area contributed by atoms with E-state index < -0.39 is 5.97 Å². The van der Waals surface area contributed by atoms with E-state index in [1.165, 1.54) is 5.56 Å². The Hall–Kier alpha value is -2.63. The number of nitrogens with one attached hydrogen (secondary N) is 1. The molecule has 0 aliphatic carbocycles. The van der Waals surface area contributed by atoms with Crippen LogP contribution >= 0.6 is 0 Å². The third kappa shape index (κ3) is 3.11. The minimum Gasteiger partial charge on any atom is -0.477 e. The Labute approximate surface area is 152 Å². The average Bonchev–Trinajstić information content (AvgIpc) is 2.90. The number of aromatic nitrogens is 1. The predicted molar refractivity (Wildman–Crippen MR) is 101 cm³/mol. The molecule has 0 bridgehead atoms. The van der Waals surface area contributed by atoms with Gasteiger partial charge in [-0.25, -0.2) is 4.79 Å². The molecule has 0 spiro atoms. The molecule has 2 aromatic carbocycles. The first-order chi connectivity index (χ1) is 12.6. The summed E-state index contributed by atoms with van der Waals surface area (Å²) in [5.41, 5.74) is 4.43. The van der Waals surface area contributed by atoms with Crippen molar-refractivity contribution in [3.63, 3.8) is 0 Å².